The Labute approximate surface area is 76.3 Å². The van der Waals surface area contributed by atoms with Crippen LogP contribution in [0.2, 0.25) is 13.1 Å². The molecule has 0 saturated carbocycles. The van der Waals surface area contributed by atoms with Gasteiger partial charge in [-0.15, -0.1) is 0 Å². The lowest BCUT2D eigenvalue weighted by molar-refractivity contribution is -0.115. The number of Topliss-reactive ketones (excluding diaryl/α,β-unsaturated/α-hetero) is 1. The fraction of sp³-hybridized carbons (Fsp3) is 0.667. The molecule has 0 N–H and O–H groups in total. The quantitative estimate of drug-likeness (QED) is 0.360. The zero-order chi connectivity index (χ0) is 9.56. The van der Waals surface area contributed by atoms with E-state index in [4.69, 9.17) is 4.43 Å². The molecule has 0 saturated heterocycles. The highest BCUT2D eigenvalue weighted by Crippen LogP contribution is 1.99. The second kappa shape index (κ2) is 6.14. The van der Waals surface area contributed by atoms with Gasteiger partial charge in [0.15, 0.2) is 5.78 Å². The first-order valence-electron chi connectivity index (χ1n) is 4.15. The predicted octanol–water partition coefficient (Wildman–Crippen LogP) is 2.18. The number of carbonyl (C=O) groups excluding carboxylic acids is 1. The molecule has 0 aromatic carbocycles. The van der Waals surface area contributed by atoms with Gasteiger partial charge in [-0.1, -0.05) is 6.58 Å². The molecule has 0 aliphatic rings. The zero-order valence-electron chi connectivity index (χ0n) is 8.14. The van der Waals surface area contributed by atoms with Gasteiger partial charge in [-0.3, -0.25) is 4.79 Å². The maximum atomic E-state index is 11.0. The van der Waals surface area contributed by atoms with Crippen molar-refractivity contribution in [2.45, 2.75) is 32.9 Å². The molecular formula is C9H17O2Si. The molecule has 0 rings (SSSR count). The van der Waals surface area contributed by atoms with Crippen LogP contribution in [-0.2, 0) is 9.22 Å². The van der Waals surface area contributed by atoms with Crippen LogP contribution in [0.15, 0.2) is 12.2 Å². The predicted molar refractivity (Wildman–Crippen MR) is 52.5 cm³/mol. The molecule has 2 nitrogen and oxygen atoms in total. The minimum absolute atomic E-state index is 0.152. The number of rotatable bonds is 6. The molecule has 0 aliphatic heterocycles. The van der Waals surface area contributed by atoms with Crippen molar-refractivity contribution in [3.8, 4) is 0 Å². The summed E-state index contributed by atoms with van der Waals surface area (Å²) in [5, 5.41) is 0. The zero-order valence-corrected chi connectivity index (χ0v) is 9.14. The van der Waals surface area contributed by atoms with Crippen molar-refractivity contribution in [3.05, 3.63) is 12.2 Å². The monoisotopic (exact) mass is 185 g/mol. The third-order valence-corrected chi connectivity index (χ3v) is 2.20. The van der Waals surface area contributed by atoms with Gasteiger partial charge < -0.3 is 4.43 Å². The summed E-state index contributed by atoms with van der Waals surface area (Å²) in [5.74, 6) is 0.152. The number of allylic oxidation sites excluding steroid dienone is 1. The molecule has 0 spiro atoms. The lowest BCUT2D eigenvalue weighted by atomic mass is 10.1. The number of carbonyl (C=O) groups is 1. The average molecular weight is 185 g/mol. The van der Waals surface area contributed by atoms with Crippen molar-refractivity contribution in [1.29, 1.82) is 0 Å². The Hall–Kier alpha value is -0.413. The second-order valence-corrected chi connectivity index (χ2v) is 5.17. The Balaban J connectivity index is 3.32. The van der Waals surface area contributed by atoms with Crippen molar-refractivity contribution in [3.63, 3.8) is 0 Å². The van der Waals surface area contributed by atoms with Crippen LogP contribution in [0.1, 0.15) is 19.8 Å². The highest BCUT2D eigenvalue weighted by Gasteiger charge is 2.02. The molecule has 1 radical (unpaired) electrons. The third kappa shape index (κ3) is 6.31. The second-order valence-electron chi connectivity index (χ2n) is 3.06. The Morgan fingerprint density at radius 1 is 1.50 bits per heavy atom. The summed E-state index contributed by atoms with van der Waals surface area (Å²) in [6.45, 7) is 10.2. The van der Waals surface area contributed by atoms with Crippen molar-refractivity contribution in [1.82, 2.24) is 0 Å². The van der Waals surface area contributed by atoms with Gasteiger partial charge in [0.1, 0.15) is 0 Å². The topological polar surface area (TPSA) is 26.3 Å². The normalized spacial score (nSPS) is 10.3. The van der Waals surface area contributed by atoms with Crippen LogP contribution >= 0.6 is 0 Å². The molecule has 0 fully saturated rings. The highest BCUT2D eigenvalue weighted by atomic mass is 28.3. The molecule has 0 unspecified atom stereocenters. The van der Waals surface area contributed by atoms with Gasteiger partial charge in [0.2, 0.25) is 9.04 Å². The van der Waals surface area contributed by atoms with Crippen molar-refractivity contribution in [2.75, 3.05) is 6.61 Å². The van der Waals surface area contributed by atoms with Gasteiger partial charge in [0.25, 0.3) is 0 Å². The molecule has 69 valence electrons. The Morgan fingerprint density at radius 3 is 2.50 bits per heavy atom. The van der Waals surface area contributed by atoms with Gasteiger partial charge in [-0.2, -0.15) is 0 Å². The van der Waals surface area contributed by atoms with E-state index in [2.05, 4.69) is 19.7 Å². The Bertz CT molecular complexity index is 164. The summed E-state index contributed by atoms with van der Waals surface area (Å²) >= 11 is 0. The summed E-state index contributed by atoms with van der Waals surface area (Å²) in [6.07, 6.45) is 1.39. The van der Waals surface area contributed by atoms with Crippen LogP contribution in [0.25, 0.3) is 0 Å². The molecule has 0 atom stereocenters. The van der Waals surface area contributed by atoms with E-state index in [9.17, 15) is 4.79 Å². The molecule has 0 heterocycles. The number of hydrogen-bond donors (Lipinski definition) is 0. The van der Waals surface area contributed by atoms with Gasteiger partial charge in [0, 0.05) is 13.0 Å². The number of hydrogen-bond acceptors (Lipinski definition) is 2. The van der Waals surface area contributed by atoms with E-state index in [-0.39, 0.29) is 5.78 Å². The van der Waals surface area contributed by atoms with E-state index in [0.29, 0.717) is 18.6 Å². The minimum atomic E-state index is -0.586. The standard InChI is InChI=1S/C9H17O2Si/c1-8(2)9(10)6-5-7-11-12(3)4/h1,5-7H2,2-4H3. The summed E-state index contributed by atoms with van der Waals surface area (Å²) in [6, 6.07) is 0. The Kier molecular flexibility index (Phi) is 5.93. The molecule has 3 heteroatoms. The van der Waals surface area contributed by atoms with E-state index >= 15 is 0 Å². The lowest BCUT2D eigenvalue weighted by Crippen LogP contribution is -2.10. The average Bonchev–Trinajstić information content (AvgIpc) is 1.97. The van der Waals surface area contributed by atoms with E-state index in [0.717, 1.165) is 6.42 Å². The minimum Gasteiger partial charge on any atom is -0.417 e. The van der Waals surface area contributed by atoms with Gasteiger partial charge in [-0.25, -0.2) is 0 Å². The van der Waals surface area contributed by atoms with Gasteiger partial charge in [-0.05, 0) is 32.0 Å². The highest BCUT2D eigenvalue weighted by molar-refractivity contribution is 6.48. The molecule has 0 bridgehead atoms. The van der Waals surface area contributed by atoms with E-state index in [1.165, 1.54) is 0 Å². The smallest absolute Gasteiger partial charge is 0.204 e. The van der Waals surface area contributed by atoms with Crippen LogP contribution in [0.4, 0.5) is 0 Å². The van der Waals surface area contributed by atoms with Crippen molar-refractivity contribution >= 4 is 14.8 Å². The SMILES string of the molecule is C=C(C)C(=O)CCCO[Si](C)C. The first-order chi connectivity index (χ1) is 5.54. The molecule has 0 amide bonds. The van der Waals surface area contributed by atoms with Crippen molar-refractivity contribution < 1.29 is 9.22 Å². The molecule has 12 heavy (non-hydrogen) atoms. The van der Waals surface area contributed by atoms with E-state index in [1.54, 1.807) is 6.92 Å². The fourth-order valence-electron chi connectivity index (χ4n) is 0.722. The van der Waals surface area contributed by atoms with Crippen LogP contribution < -0.4 is 0 Å². The maximum Gasteiger partial charge on any atom is 0.204 e. The van der Waals surface area contributed by atoms with Crippen LogP contribution in [0.5, 0.6) is 0 Å². The third-order valence-electron chi connectivity index (χ3n) is 1.41. The summed E-state index contributed by atoms with van der Waals surface area (Å²) in [4.78, 5) is 11.0. The summed E-state index contributed by atoms with van der Waals surface area (Å²) in [5.41, 5.74) is 0.647. The van der Waals surface area contributed by atoms with Crippen molar-refractivity contribution in [2.24, 2.45) is 0 Å². The first kappa shape index (κ1) is 11.6. The van der Waals surface area contributed by atoms with Crippen LogP contribution in [0, 0.1) is 0 Å². The van der Waals surface area contributed by atoms with E-state index in [1.807, 2.05) is 0 Å². The van der Waals surface area contributed by atoms with Crippen LogP contribution in [-0.4, -0.2) is 21.4 Å². The first-order valence-corrected chi connectivity index (χ1v) is 6.56. The van der Waals surface area contributed by atoms with Crippen LogP contribution in [0.3, 0.4) is 0 Å². The molecule has 0 aliphatic carbocycles. The Morgan fingerprint density at radius 2 is 2.08 bits per heavy atom. The number of ketones is 1. The largest absolute Gasteiger partial charge is 0.417 e. The summed E-state index contributed by atoms with van der Waals surface area (Å²) < 4.78 is 5.39. The van der Waals surface area contributed by atoms with Gasteiger partial charge >= 0.3 is 0 Å². The summed E-state index contributed by atoms with van der Waals surface area (Å²) in [7, 11) is -0.586. The van der Waals surface area contributed by atoms with E-state index < -0.39 is 9.04 Å². The van der Waals surface area contributed by atoms with Gasteiger partial charge in [0.05, 0.1) is 0 Å². The fourth-order valence-corrected chi connectivity index (χ4v) is 1.27. The lowest BCUT2D eigenvalue weighted by Gasteiger charge is -2.04. The molecule has 0 aromatic heterocycles. The molecule has 0 aromatic rings. The maximum absolute atomic E-state index is 11.0. The molecular weight excluding hydrogens is 168 g/mol.